The summed E-state index contributed by atoms with van der Waals surface area (Å²) >= 11 is 0. The summed E-state index contributed by atoms with van der Waals surface area (Å²) in [6.07, 6.45) is 1.12. The molecule has 4 nitrogen and oxygen atoms in total. The summed E-state index contributed by atoms with van der Waals surface area (Å²) in [6.45, 7) is 8.40. The van der Waals surface area contributed by atoms with Crippen LogP contribution < -0.4 is 5.32 Å². The van der Waals surface area contributed by atoms with Gasteiger partial charge < -0.3 is 5.32 Å². The molecule has 108 valence electrons. The van der Waals surface area contributed by atoms with Crippen molar-refractivity contribution in [1.29, 1.82) is 0 Å². The molecule has 0 saturated carbocycles. The van der Waals surface area contributed by atoms with Gasteiger partial charge in [0, 0.05) is 6.17 Å². The number of urea groups is 1. The van der Waals surface area contributed by atoms with E-state index in [0.29, 0.717) is 12.6 Å². The average molecular weight is 290 g/mol. The standard InChI is InChI=1S/C15H22N2O2Si/c1-5-15(12-9-7-6-8-10-12)13(18)17(14(19)16-15)11-20(2,3)4/h6-10H,5,11H2,1-4H3,(H,16,19). The molecule has 3 amide bonds. The Bertz CT molecular complexity index is 524. The maximum absolute atomic E-state index is 12.8. The average Bonchev–Trinajstić information content (AvgIpc) is 2.63. The molecule has 1 N–H and O–H groups in total. The summed E-state index contributed by atoms with van der Waals surface area (Å²) in [4.78, 5) is 26.4. The van der Waals surface area contributed by atoms with E-state index in [1.54, 1.807) is 0 Å². The number of benzene rings is 1. The van der Waals surface area contributed by atoms with E-state index in [4.69, 9.17) is 0 Å². The van der Waals surface area contributed by atoms with Gasteiger partial charge in [0.1, 0.15) is 5.54 Å². The van der Waals surface area contributed by atoms with Gasteiger partial charge in [-0.15, -0.1) is 0 Å². The fourth-order valence-corrected chi connectivity index (χ4v) is 3.84. The maximum Gasteiger partial charge on any atom is 0.325 e. The second-order valence-corrected chi connectivity index (χ2v) is 11.9. The van der Waals surface area contributed by atoms with Crippen molar-refractivity contribution in [2.45, 2.75) is 38.5 Å². The van der Waals surface area contributed by atoms with E-state index in [9.17, 15) is 9.59 Å². The van der Waals surface area contributed by atoms with Crippen LogP contribution in [0.4, 0.5) is 4.79 Å². The fourth-order valence-electron chi connectivity index (χ4n) is 2.61. The number of nitrogens with zero attached hydrogens (tertiary/aromatic N) is 1. The topological polar surface area (TPSA) is 49.4 Å². The number of rotatable bonds is 4. The van der Waals surface area contributed by atoms with Gasteiger partial charge in [-0.2, -0.15) is 0 Å². The summed E-state index contributed by atoms with van der Waals surface area (Å²) in [5.74, 6) is -0.112. The van der Waals surface area contributed by atoms with Gasteiger partial charge in [0.05, 0.1) is 8.07 Å². The third-order valence-corrected chi connectivity index (χ3v) is 4.87. The molecule has 1 aromatic rings. The van der Waals surface area contributed by atoms with Crippen LogP contribution in [0.15, 0.2) is 30.3 Å². The van der Waals surface area contributed by atoms with Gasteiger partial charge in [-0.05, 0) is 12.0 Å². The fraction of sp³-hybridized carbons (Fsp3) is 0.467. The van der Waals surface area contributed by atoms with Gasteiger partial charge in [-0.3, -0.25) is 9.69 Å². The Hall–Kier alpha value is -1.62. The highest BCUT2D eigenvalue weighted by Gasteiger charge is 2.51. The van der Waals surface area contributed by atoms with Gasteiger partial charge in [0.15, 0.2) is 0 Å². The molecule has 1 aliphatic heterocycles. The molecule has 0 radical (unpaired) electrons. The van der Waals surface area contributed by atoms with Crippen molar-refractivity contribution >= 4 is 20.0 Å². The zero-order valence-electron chi connectivity index (χ0n) is 12.6. The van der Waals surface area contributed by atoms with Gasteiger partial charge in [-0.25, -0.2) is 4.79 Å². The highest BCUT2D eigenvalue weighted by molar-refractivity contribution is 6.76. The van der Waals surface area contributed by atoms with Crippen LogP contribution in [0, 0.1) is 0 Å². The van der Waals surface area contributed by atoms with Gasteiger partial charge >= 0.3 is 6.03 Å². The molecule has 1 unspecified atom stereocenters. The number of amides is 3. The normalized spacial score (nSPS) is 23.1. The molecule has 1 heterocycles. The molecular weight excluding hydrogens is 268 g/mol. The van der Waals surface area contributed by atoms with Crippen molar-refractivity contribution < 1.29 is 9.59 Å². The van der Waals surface area contributed by atoms with E-state index in [1.165, 1.54) is 4.90 Å². The van der Waals surface area contributed by atoms with Crippen LogP contribution >= 0.6 is 0 Å². The van der Waals surface area contributed by atoms with Crippen molar-refractivity contribution in [2.24, 2.45) is 0 Å². The number of hydrogen-bond acceptors (Lipinski definition) is 2. The highest BCUT2D eigenvalue weighted by atomic mass is 28.3. The van der Waals surface area contributed by atoms with Crippen LogP contribution in [0.25, 0.3) is 0 Å². The molecule has 0 spiro atoms. The molecule has 1 aliphatic rings. The van der Waals surface area contributed by atoms with Crippen LogP contribution in [0.2, 0.25) is 19.6 Å². The molecular formula is C15H22N2O2Si. The van der Waals surface area contributed by atoms with Gasteiger partial charge in [0.25, 0.3) is 5.91 Å². The molecule has 1 saturated heterocycles. The minimum atomic E-state index is -1.54. The molecule has 20 heavy (non-hydrogen) atoms. The Labute approximate surface area is 121 Å². The van der Waals surface area contributed by atoms with E-state index in [1.807, 2.05) is 37.3 Å². The molecule has 0 bridgehead atoms. The first-order valence-corrected chi connectivity index (χ1v) is 10.7. The summed E-state index contributed by atoms with van der Waals surface area (Å²) in [5.41, 5.74) is -0.0308. The molecule has 2 rings (SSSR count). The van der Waals surface area contributed by atoms with Crippen LogP contribution in [-0.2, 0) is 10.3 Å². The van der Waals surface area contributed by atoms with Crippen molar-refractivity contribution in [2.75, 3.05) is 6.17 Å². The third kappa shape index (κ3) is 2.50. The molecule has 1 fully saturated rings. The van der Waals surface area contributed by atoms with Crippen LogP contribution in [-0.4, -0.2) is 31.1 Å². The lowest BCUT2D eigenvalue weighted by Crippen LogP contribution is -2.46. The van der Waals surface area contributed by atoms with E-state index in [0.717, 1.165) is 5.56 Å². The van der Waals surface area contributed by atoms with Gasteiger partial charge in [0.2, 0.25) is 0 Å². The number of carbonyl (C=O) groups is 2. The smallest absolute Gasteiger partial charge is 0.319 e. The van der Waals surface area contributed by atoms with Crippen molar-refractivity contribution in [3.8, 4) is 0 Å². The van der Waals surface area contributed by atoms with Gasteiger partial charge in [-0.1, -0.05) is 56.9 Å². The monoisotopic (exact) mass is 290 g/mol. The van der Waals surface area contributed by atoms with Crippen LogP contribution in [0.5, 0.6) is 0 Å². The molecule has 0 aromatic heterocycles. The number of carbonyl (C=O) groups excluding carboxylic acids is 2. The summed E-state index contributed by atoms with van der Waals surface area (Å²) in [6, 6.07) is 9.25. The maximum atomic E-state index is 12.8. The predicted octanol–water partition coefficient (Wildman–Crippen LogP) is 2.72. The summed E-state index contributed by atoms with van der Waals surface area (Å²) in [5, 5.41) is 2.92. The van der Waals surface area contributed by atoms with E-state index in [2.05, 4.69) is 25.0 Å². The van der Waals surface area contributed by atoms with E-state index in [-0.39, 0.29) is 11.9 Å². The van der Waals surface area contributed by atoms with Crippen molar-refractivity contribution in [3.63, 3.8) is 0 Å². The van der Waals surface area contributed by atoms with E-state index < -0.39 is 13.6 Å². The largest absolute Gasteiger partial charge is 0.325 e. The zero-order chi connectivity index (χ0) is 15.0. The van der Waals surface area contributed by atoms with Crippen molar-refractivity contribution in [3.05, 3.63) is 35.9 Å². The third-order valence-electron chi connectivity index (χ3n) is 3.61. The molecule has 0 aliphatic carbocycles. The lowest BCUT2D eigenvalue weighted by atomic mass is 9.87. The van der Waals surface area contributed by atoms with Crippen LogP contribution in [0.1, 0.15) is 18.9 Å². The lowest BCUT2D eigenvalue weighted by molar-refractivity contribution is -0.131. The molecule has 1 aromatic carbocycles. The first kappa shape index (κ1) is 14.8. The summed E-state index contributed by atoms with van der Waals surface area (Å²) in [7, 11) is -1.54. The number of imide groups is 1. The Morgan fingerprint density at radius 1 is 1.15 bits per heavy atom. The number of nitrogens with one attached hydrogen (secondary N) is 1. The second-order valence-electron chi connectivity index (χ2n) is 6.51. The Morgan fingerprint density at radius 3 is 2.25 bits per heavy atom. The summed E-state index contributed by atoms with van der Waals surface area (Å²) < 4.78 is 0. The van der Waals surface area contributed by atoms with E-state index >= 15 is 0 Å². The van der Waals surface area contributed by atoms with Crippen molar-refractivity contribution in [1.82, 2.24) is 10.2 Å². The molecule has 5 heteroatoms. The minimum Gasteiger partial charge on any atom is -0.319 e. The quantitative estimate of drug-likeness (QED) is 0.684. The first-order valence-electron chi connectivity index (χ1n) is 7.00. The Kier molecular flexibility index (Phi) is 3.73. The highest BCUT2D eigenvalue weighted by Crippen LogP contribution is 2.32. The minimum absolute atomic E-state index is 0.112. The Morgan fingerprint density at radius 2 is 1.75 bits per heavy atom. The zero-order valence-corrected chi connectivity index (χ0v) is 13.6. The second kappa shape index (κ2) is 5.05. The SMILES string of the molecule is CCC1(c2ccccc2)NC(=O)N(C[Si](C)(C)C)C1=O. The molecule has 1 atom stereocenters. The predicted molar refractivity (Wildman–Crippen MR) is 82.0 cm³/mol. The lowest BCUT2D eigenvalue weighted by Gasteiger charge is -2.27. The Balaban J connectivity index is 2.38. The number of hydrogen-bond donors (Lipinski definition) is 1. The first-order chi connectivity index (χ1) is 9.30. The van der Waals surface area contributed by atoms with Crippen LogP contribution in [0.3, 0.4) is 0 Å².